The third-order valence-electron chi connectivity index (χ3n) is 2.88. The van der Waals surface area contributed by atoms with Crippen molar-refractivity contribution in [2.75, 3.05) is 13.6 Å². The van der Waals surface area contributed by atoms with Gasteiger partial charge in [-0.25, -0.2) is 0 Å². The first-order chi connectivity index (χ1) is 8.60. The van der Waals surface area contributed by atoms with E-state index in [0.717, 1.165) is 21.9 Å². The van der Waals surface area contributed by atoms with E-state index in [9.17, 15) is 0 Å². The van der Waals surface area contributed by atoms with E-state index in [1.165, 1.54) is 4.88 Å². The minimum atomic E-state index is 0.228. The molecule has 2 aromatic heterocycles. The Morgan fingerprint density at radius 1 is 1.39 bits per heavy atom. The Morgan fingerprint density at radius 3 is 2.67 bits per heavy atom. The number of likely N-dealkylation sites (N-methyl/N-ethyl adjacent to an activating group) is 1. The maximum Gasteiger partial charge on any atom is 0.118 e. The highest BCUT2D eigenvalue weighted by molar-refractivity contribution is 9.11. The summed E-state index contributed by atoms with van der Waals surface area (Å²) in [6.45, 7) is 3.33. The number of nitrogens with two attached hydrogens (primary N) is 1. The number of halogens is 1. The Morgan fingerprint density at radius 2 is 2.17 bits per heavy atom. The van der Waals surface area contributed by atoms with Crippen LogP contribution in [0.4, 0.5) is 0 Å². The number of thiophene rings is 1. The molecule has 0 radical (unpaired) electrons. The lowest BCUT2D eigenvalue weighted by molar-refractivity contribution is 0.224. The Kier molecular flexibility index (Phi) is 4.61. The highest BCUT2D eigenvalue weighted by atomic mass is 79.9. The van der Waals surface area contributed by atoms with Gasteiger partial charge in [0, 0.05) is 11.4 Å². The lowest BCUT2D eigenvalue weighted by Gasteiger charge is -2.25. The Hall–Kier alpha value is -0.620. The SMILES string of the molecule is Cc1ccc(CN(C)C(CN)c2ccc(Br)s2)o1. The van der Waals surface area contributed by atoms with Gasteiger partial charge in [0.15, 0.2) is 0 Å². The van der Waals surface area contributed by atoms with Gasteiger partial charge in [0.1, 0.15) is 11.5 Å². The van der Waals surface area contributed by atoms with E-state index >= 15 is 0 Å². The molecule has 0 saturated heterocycles. The number of rotatable bonds is 5. The van der Waals surface area contributed by atoms with Crippen molar-refractivity contribution in [1.82, 2.24) is 4.90 Å². The van der Waals surface area contributed by atoms with Crippen molar-refractivity contribution in [2.24, 2.45) is 5.73 Å². The second-order valence-electron chi connectivity index (χ2n) is 4.32. The summed E-state index contributed by atoms with van der Waals surface area (Å²) in [4.78, 5) is 3.49. The zero-order chi connectivity index (χ0) is 13.1. The van der Waals surface area contributed by atoms with E-state index < -0.39 is 0 Å². The van der Waals surface area contributed by atoms with E-state index in [1.54, 1.807) is 11.3 Å². The van der Waals surface area contributed by atoms with Gasteiger partial charge in [0.2, 0.25) is 0 Å². The molecule has 98 valence electrons. The van der Waals surface area contributed by atoms with Gasteiger partial charge in [-0.05, 0) is 54.2 Å². The predicted octanol–water partition coefficient (Wildman–Crippen LogP) is 3.54. The molecule has 0 aliphatic heterocycles. The van der Waals surface area contributed by atoms with E-state index in [4.69, 9.17) is 10.2 Å². The Balaban J connectivity index is 2.08. The van der Waals surface area contributed by atoms with Gasteiger partial charge in [0.25, 0.3) is 0 Å². The van der Waals surface area contributed by atoms with Gasteiger partial charge in [-0.2, -0.15) is 0 Å². The zero-order valence-electron chi connectivity index (χ0n) is 10.5. The molecule has 0 bridgehead atoms. The Bertz CT molecular complexity index is 509. The molecule has 2 aromatic rings. The summed E-state index contributed by atoms with van der Waals surface area (Å²) in [5, 5.41) is 0. The molecule has 0 amide bonds. The Labute approximate surface area is 120 Å². The molecule has 0 aliphatic rings. The number of hydrogen-bond acceptors (Lipinski definition) is 4. The quantitative estimate of drug-likeness (QED) is 0.912. The second-order valence-corrected chi connectivity index (χ2v) is 6.82. The first-order valence-electron chi connectivity index (χ1n) is 5.81. The molecule has 0 aliphatic carbocycles. The van der Waals surface area contributed by atoms with Crippen LogP contribution >= 0.6 is 27.3 Å². The molecule has 5 heteroatoms. The van der Waals surface area contributed by atoms with Crippen LogP contribution in [0.1, 0.15) is 22.4 Å². The van der Waals surface area contributed by atoms with Gasteiger partial charge >= 0.3 is 0 Å². The minimum Gasteiger partial charge on any atom is -0.465 e. The van der Waals surface area contributed by atoms with Gasteiger partial charge in [-0.3, -0.25) is 4.90 Å². The highest BCUT2D eigenvalue weighted by Gasteiger charge is 2.18. The van der Waals surface area contributed by atoms with Crippen molar-refractivity contribution >= 4 is 27.3 Å². The summed E-state index contributed by atoms with van der Waals surface area (Å²) in [7, 11) is 2.07. The molecular formula is C13H17BrN2OS. The van der Waals surface area contributed by atoms with Crippen molar-refractivity contribution in [1.29, 1.82) is 0 Å². The van der Waals surface area contributed by atoms with E-state index in [1.807, 2.05) is 19.1 Å². The normalized spacial score (nSPS) is 13.2. The molecular weight excluding hydrogens is 312 g/mol. The minimum absolute atomic E-state index is 0.228. The van der Waals surface area contributed by atoms with Crippen molar-refractivity contribution < 1.29 is 4.42 Å². The molecule has 0 spiro atoms. The van der Waals surface area contributed by atoms with Crippen LogP contribution in [0.3, 0.4) is 0 Å². The lowest BCUT2D eigenvalue weighted by Crippen LogP contribution is -2.29. The molecule has 1 unspecified atom stereocenters. The maximum atomic E-state index is 5.89. The molecule has 3 nitrogen and oxygen atoms in total. The third-order valence-corrected chi connectivity index (χ3v) is 4.60. The summed E-state index contributed by atoms with van der Waals surface area (Å²) in [6, 6.07) is 8.42. The average molecular weight is 329 g/mol. The lowest BCUT2D eigenvalue weighted by atomic mass is 10.2. The van der Waals surface area contributed by atoms with Crippen LogP contribution in [0.5, 0.6) is 0 Å². The van der Waals surface area contributed by atoms with Crippen molar-refractivity contribution in [3.05, 3.63) is 44.4 Å². The average Bonchev–Trinajstić information content (AvgIpc) is 2.89. The van der Waals surface area contributed by atoms with Crippen LogP contribution in [0.15, 0.2) is 32.5 Å². The van der Waals surface area contributed by atoms with Crippen LogP contribution in [-0.4, -0.2) is 18.5 Å². The molecule has 18 heavy (non-hydrogen) atoms. The molecule has 0 fully saturated rings. The van der Waals surface area contributed by atoms with Gasteiger partial charge in [0.05, 0.1) is 16.4 Å². The maximum absolute atomic E-state index is 5.89. The summed E-state index contributed by atoms with van der Waals surface area (Å²) >= 11 is 5.22. The molecule has 0 aromatic carbocycles. The molecule has 1 atom stereocenters. The van der Waals surface area contributed by atoms with E-state index in [-0.39, 0.29) is 6.04 Å². The smallest absolute Gasteiger partial charge is 0.118 e. The number of aryl methyl sites for hydroxylation is 1. The molecule has 2 heterocycles. The van der Waals surface area contributed by atoms with E-state index in [0.29, 0.717) is 6.54 Å². The topological polar surface area (TPSA) is 42.4 Å². The largest absolute Gasteiger partial charge is 0.465 e. The molecule has 2 rings (SSSR count). The predicted molar refractivity (Wildman–Crippen MR) is 78.7 cm³/mol. The molecule has 0 saturated carbocycles. The van der Waals surface area contributed by atoms with Gasteiger partial charge in [-0.1, -0.05) is 0 Å². The van der Waals surface area contributed by atoms with Gasteiger partial charge < -0.3 is 10.2 Å². The van der Waals surface area contributed by atoms with Crippen LogP contribution < -0.4 is 5.73 Å². The first-order valence-corrected chi connectivity index (χ1v) is 7.42. The van der Waals surface area contributed by atoms with Crippen LogP contribution in [-0.2, 0) is 6.54 Å². The van der Waals surface area contributed by atoms with Crippen LogP contribution in [0, 0.1) is 6.92 Å². The fraction of sp³-hybridized carbons (Fsp3) is 0.385. The number of furan rings is 1. The van der Waals surface area contributed by atoms with Crippen molar-refractivity contribution in [2.45, 2.75) is 19.5 Å². The fourth-order valence-electron chi connectivity index (χ4n) is 1.95. The molecule has 2 N–H and O–H groups in total. The highest BCUT2D eigenvalue weighted by Crippen LogP contribution is 2.30. The van der Waals surface area contributed by atoms with E-state index in [2.05, 4.69) is 40.0 Å². The zero-order valence-corrected chi connectivity index (χ0v) is 12.9. The summed E-state index contributed by atoms with van der Waals surface area (Å²) in [5.41, 5.74) is 5.89. The number of hydrogen-bond donors (Lipinski definition) is 1. The second kappa shape index (κ2) is 6.02. The standard InChI is InChI=1S/C13H17BrN2OS/c1-9-3-4-10(17-9)8-16(2)11(7-15)12-5-6-13(14)18-12/h3-6,11H,7-8,15H2,1-2H3. The van der Waals surface area contributed by atoms with Crippen molar-refractivity contribution in [3.63, 3.8) is 0 Å². The fourth-order valence-corrected chi connectivity index (χ4v) is 3.55. The summed E-state index contributed by atoms with van der Waals surface area (Å²) in [5.74, 6) is 1.92. The van der Waals surface area contributed by atoms with Crippen LogP contribution in [0.2, 0.25) is 0 Å². The van der Waals surface area contributed by atoms with Crippen molar-refractivity contribution in [3.8, 4) is 0 Å². The first kappa shape index (κ1) is 13.8. The monoisotopic (exact) mass is 328 g/mol. The number of nitrogens with zero attached hydrogens (tertiary/aromatic N) is 1. The summed E-state index contributed by atoms with van der Waals surface area (Å²) in [6.07, 6.45) is 0. The van der Waals surface area contributed by atoms with Crippen LogP contribution in [0.25, 0.3) is 0 Å². The summed E-state index contributed by atoms with van der Waals surface area (Å²) < 4.78 is 6.74. The third kappa shape index (κ3) is 3.23. The van der Waals surface area contributed by atoms with Gasteiger partial charge in [-0.15, -0.1) is 11.3 Å².